The Hall–Kier alpha value is -1.71. The number of hydrogen-bond donors (Lipinski definition) is 0. The quantitative estimate of drug-likeness (QED) is 0.0256. The second-order valence-corrected chi connectivity index (χ2v) is 26.3. The Morgan fingerprint density at radius 3 is 0.790 bits per heavy atom. The molecule has 2 unspecified atom stereocenters. The zero-order valence-electron chi connectivity index (χ0n) is 55.2. The van der Waals surface area contributed by atoms with Gasteiger partial charge in [-0.15, -0.1) is 0 Å². The summed E-state index contributed by atoms with van der Waals surface area (Å²) in [4.78, 5) is 37.4. The predicted molar refractivity (Wildman–Crippen MR) is 344 cm³/mol. The van der Waals surface area contributed by atoms with E-state index in [1.165, 1.54) is 321 Å². The first-order valence-corrected chi connectivity index (χ1v) is 36.2. The van der Waals surface area contributed by atoms with Crippen LogP contribution in [0.4, 0.5) is 0 Å². The molecule has 482 valence electrons. The van der Waals surface area contributed by atoms with Crippen molar-refractivity contribution in [2.45, 2.75) is 399 Å². The highest BCUT2D eigenvalue weighted by Gasteiger charge is 2.22. The molecule has 0 bridgehead atoms. The summed E-state index contributed by atoms with van der Waals surface area (Å²) in [5.41, 5.74) is 0. The second-order valence-electron chi connectivity index (χ2n) is 26.3. The van der Waals surface area contributed by atoms with E-state index in [1.54, 1.807) is 0 Å². The van der Waals surface area contributed by atoms with Gasteiger partial charge in [0.05, 0.1) is 40.3 Å². The van der Waals surface area contributed by atoms with Crippen molar-refractivity contribution in [2.24, 2.45) is 0 Å². The minimum Gasteiger partial charge on any atom is -0.545 e. The topological polar surface area (TPSA) is 111 Å². The van der Waals surface area contributed by atoms with Crippen LogP contribution >= 0.6 is 0 Å². The van der Waals surface area contributed by atoms with Crippen molar-refractivity contribution < 1.29 is 42.9 Å². The van der Waals surface area contributed by atoms with Crippen LogP contribution in [0.2, 0.25) is 0 Å². The molecule has 0 fully saturated rings. The highest BCUT2D eigenvalue weighted by atomic mass is 16.7. The molecule has 0 N–H and O–H groups in total. The molecule has 9 nitrogen and oxygen atoms in total. The van der Waals surface area contributed by atoms with Gasteiger partial charge in [0.2, 0.25) is 0 Å². The summed E-state index contributed by atoms with van der Waals surface area (Å²) in [6.45, 7) is 4.83. The number of ether oxygens (including phenoxy) is 4. The van der Waals surface area contributed by atoms with Crippen LogP contribution in [0, 0.1) is 0 Å². The molecule has 0 aliphatic heterocycles. The number of likely N-dealkylation sites (N-methyl/N-ethyl adjacent to an activating group) is 1. The van der Waals surface area contributed by atoms with Crippen molar-refractivity contribution >= 4 is 17.9 Å². The Labute approximate surface area is 504 Å². The number of carbonyl (C=O) groups excluding carboxylic acids is 3. The van der Waals surface area contributed by atoms with Crippen LogP contribution in [0.25, 0.3) is 0 Å². The van der Waals surface area contributed by atoms with Crippen molar-refractivity contribution in [1.29, 1.82) is 0 Å². The number of carbonyl (C=O) groups is 3. The summed E-state index contributed by atoms with van der Waals surface area (Å²) in [5, 5.41) is 11.8. The lowest BCUT2D eigenvalue weighted by molar-refractivity contribution is -0.870. The average Bonchev–Trinajstić information content (AvgIpc) is 3.44. The van der Waals surface area contributed by atoms with Crippen molar-refractivity contribution in [3.05, 3.63) is 0 Å². The maximum atomic E-state index is 12.9. The summed E-state index contributed by atoms with van der Waals surface area (Å²) in [6.07, 6.45) is 73.7. The van der Waals surface area contributed by atoms with Gasteiger partial charge in [-0.3, -0.25) is 9.59 Å². The number of quaternary nitrogens is 1. The molecule has 0 saturated heterocycles. The Bertz CT molecular complexity index is 1290. The van der Waals surface area contributed by atoms with E-state index in [0.717, 1.165) is 38.5 Å². The summed E-state index contributed by atoms with van der Waals surface area (Å²) >= 11 is 0. The number of esters is 2. The van der Waals surface area contributed by atoms with Crippen LogP contribution in [-0.2, 0) is 33.3 Å². The van der Waals surface area contributed by atoms with Gasteiger partial charge < -0.3 is 33.3 Å². The van der Waals surface area contributed by atoms with Crippen molar-refractivity contribution in [3.63, 3.8) is 0 Å². The van der Waals surface area contributed by atoms with Gasteiger partial charge in [-0.25, -0.2) is 0 Å². The van der Waals surface area contributed by atoms with Crippen molar-refractivity contribution in [2.75, 3.05) is 47.5 Å². The minimum atomic E-state index is -1.61. The number of unbranched alkanes of at least 4 members (excludes halogenated alkanes) is 54. The lowest BCUT2D eigenvalue weighted by Crippen LogP contribution is -2.44. The first-order valence-electron chi connectivity index (χ1n) is 36.2. The van der Waals surface area contributed by atoms with Crippen molar-refractivity contribution in [1.82, 2.24) is 0 Å². The van der Waals surface area contributed by atoms with Crippen molar-refractivity contribution in [3.8, 4) is 0 Å². The van der Waals surface area contributed by atoms with E-state index in [-0.39, 0.29) is 32.2 Å². The molecule has 0 saturated carbocycles. The van der Waals surface area contributed by atoms with Gasteiger partial charge in [0.15, 0.2) is 12.4 Å². The Morgan fingerprint density at radius 1 is 0.321 bits per heavy atom. The van der Waals surface area contributed by atoms with Crippen LogP contribution in [0.3, 0.4) is 0 Å². The van der Waals surface area contributed by atoms with E-state index in [0.29, 0.717) is 17.4 Å². The maximum absolute atomic E-state index is 12.9. The van der Waals surface area contributed by atoms with Gasteiger partial charge in [-0.05, 0) is 12.8 Å². The lowest BCUT2D eigenvalue weighted by atomic mass is 10.0. The van der Waals surface area contributed by atoms with E-state index < -0.39 is 24.3 Å². The standard InChI is InChI=1S/C72H141NO8/c1-6-8-10-12-14-16-18-20-22-23-24-25-26-27-28-29-30-31-32-33-34-35-36-37-38-39-40-41-42-43-44-45-46-47-49-51-53-55-57-59-61-63-70(75)81-68(67-80-72(71(76)77)78-65-64-73(3,4)5)66-79-69(74)62-60-58-56-54-52-50-48-21-19-17-15-13-11-9-7-2/h68,72H,6-67H2,1-5H3. The molecular weight excluding hydrogens is 1010 g/mol. The summed E-state index contributed by atoms with van der Waals surface area (Å²) in [7, 11) is 5.94. The molecule has 0 rings (SSSR count). The second kappa shape index (κ2) is 64.3. The van der Waals surface area contributed by atoms with Crippen LogP contribution in [0.1, 0.15) is 386 Å². The van der Waals surface area contributed by atoms with E-state index in [9.17, 15) is 19.5 Å². The predicted octanol–water partition coefficient (Wildman–Crippen LogP) is 20.9. The zero-order valence-corrected chi connectivity index (χ0v) is 55.2. The summed E-state index contributed by atoms with van der Waals surface area (Å²) < 4.78 is 22.8. The van der Waals surface area contributed by atoms with E-state index in [2.05, 4.69) is 13.8 Å². The Kier molecular flexibility index (Phi) is 62.9. The Balaban J connectivity index is 3.85. The molecule has 0 aromatic carbocycles. The smallest absolute Gasteiger partial charge is 0.306 e. The van der Waals surface area contributed by atoms with Crippen LogP contribution in [0.15, 0.2) is 0 Å². The molecule has 0 aliphatic rings. The van der Waals surface area contributed by atoms with Gasteiger partial charge in [0, 0.05) is 12.8 Å². The number of carboxylic acid groups (broad SMARTS) is 1. The summed E-state index contributed by atoms with van der Waals surface area (Å²) in [5.74, 6) is -2.25. The molecular formula is C72H141NO8. The van der Waals surface area contributed by atoms with Gasteiger partial charge in [-0.1, -0.05) is 361 Å². The molecule has 0 radical (unpaired) electrons. The molecule has 0 aliphatic carbocycles. The minimum absolute atomic E-state index is 0.153. The molecule has 0 spiro atoms. The average molecular weight is 1150 g/mol. The number of aliphatic carboxylic acids is 1. The highest BCUT2D eigenvalue weighted by molar-refractivity contribution is 5.70. The third-order valence-electron chi connectivity index (χ3n) is 16.9. The number of hydrogen-bond acceptors (Lipinski definition) is 8. The molecule has 81 heavy (non-hydrogen) atoms. The molecule has 0 aromatic rings. The largest absolute Gasteiger partial charge is 0.545 e. The monoisotopic (exact) mass is 1150 g/mol. The first-order chi connectivity index (χ1) is 39.6. The number of nitrogens with zero attached hydrogens (tertiary/aromatic N) is 1. The number of rotatable bonds is 69. The molecule has 9 heteroatoms. The maximum Gasteiger partial charge on any atom is 0.306 e. The van der Waals surface area contributed by atoms with Gasteiger partial charge in [0.25, 0.3) is 0 Å². The van der Waals surface area contributed by atoms with Gasteiger partial charge in [0.1, 0.15) is 13.2 Å². The molecule has 0 heterocycles. The SMILES string of the molecule is CCCCCCCCCCCCCCCCCCCCCCCCCCCCCCCCCCCCCCCCCCCC(=O)OC(COC(=O)CCCCCCCCCCCCCCCCC)COC(OCC[N+](C)(C)C)C(=O)[O-]. The van der Waals surface area contributed by atoms with Gasteiger partial charge >= 0.3 is 11.9 Å². The summed E-state index contributed by atoms with van der Waals surface area (Å²) in [6, 6.07) is 0. The zero-order chi connectivity index (χ0) is 59.1. The molecule has 2 atom stereocenters. The van der Waals surface area contributed by atoms with E-state index in [1.807, 2.05) is 21.1 Å². The fourth-order valence-electron chi connectivity index (χ4n) is 11.3. The fourth-order valence-corrected chi connectivity index (χ4v) is 11.3. The molecule has 0 aromatic heterocycles. The number of carboxylic acids is 1. The van der Waals surface area contributed by atoms with Crippen LogP contribution in [-0.4, -0.2) is 82.3 Å². The molecule has 0 amide bonds. The van der Waals surface area contributed by atoms with Crippen LogP contribution < -0.4 is 5.11 Å². The Morgan fingerprint density at radius 2 is 0.556 bits per heavy atom. The fraction of sp³-hybridized carbons (Fsp3) is 0.958. The van der Waals surface area contributed by atoms with E-state index >= 15 is 0 Å². The highest BCUT2D eigenvalue weighted by Crippen LogP contribution is 2.20. The third-order valence-corrected chi connectivity index (χ3v) is 16.9. The third kappa shape index (κ3) is 65.7. The van der Waals surface area contributed by atoms with Gasteiger partial charge in [-0.2, -0.15) is 0 Å². The van der Waals surface area contributed by atoms with E-state index in [4.69, 9.17) is 18.9 Å². The van der Waals surface area contributed by atoms with Crippen LogP contribution in [0.5, 0.6) is 0 Å². The lowest BCUT2D eigenvalue weighted by Gasteiger charge is -2.26. The normalized spacial score (nSPS) is 12.6. The first kappa shape index (κ1) is 79.3.